The van der Waals surface area contributed by atoms with E-state index in [2.05, 4.69) is 20.6 Å². The van der Waals surface area contributed by atoms with E-state index in [1.165, 1.54) is 12.1 Å². The second-order valence-electron chi connectivity index (χ2n) is 3.88. The molecule has 0 spiro atoms. The normalized spacial score (nSPS) is 10.0. The first-order valence-electron chi connectivity index (χ1n) is 5.65. The van der Waals surface area contributed by atoms with Gasteiger partial charge in [0.05, 0.1) is 17.8 Å². The number of urea groups is 1. The molecular weight excluding hydrogens is 264 g/mol. The molecule has 104 valence electrons. The molecule has 0 atom stereocenters. The minimum absolute atomic E-state index is 0.0657. The van der Waals surface area contributed by atoms with Crippen molar-refractivity contribution in [1.29, 1.82) is 0 Å². The number of carbonyl (C=O) groups is 2. The molecule has 2 aromatic rings. The van der Waals surface area contributed by atoms with Crippen LogP contribution in [0.1, 0.15) is 16.2 Å². The molecule has 20 heavy (non-hydrogen) atoms. The molecule has 1 aromatic carbocycles. The van der Waals surface area contributed by atoms with E-state index in [-0.39, 0.29) is 23.5 Å². The standard InChI is InChI=1S/C12H12N4O4/c17-9-5-7(11(18)19)1-2-8(9)16-12(20)15-6-10-13-3-4-14-10/h1-5,17H,6H2,(H,13,14)(H,18,19)(H2,15,16,20). The highest BCUT2D eigenvalue weighted by atomic mass is 16.4. The molecule has 1 aromatic heterocycles. The number of nitrogens with one attached hydrogen (secondary N) is 3. The SMILES string of the molecule is O=C(NCc1ncc[nH]1)Nc1ccc(C(=O)O)cc1O. The minimum atomic E-state index is -1.16. The summed E-state index contributed by atoms with van der Waals surface area (Å²) < 4.78 is 0. The molecule has 0 saturated carbocycles. The summed E-state index contributed by atoms with van der Waals surface area (Å²) in [7, 11) is 0. The summed E-state index contributed by atoms with van der Waals surface area (Å²) in [6, 6.07) is 3.11. The molecule has 0 saturated heterocycles. The fraction of sp³-hybridized carbons (Fsp3) is 0.0833. The van der Waals surface area contributed by atoms with E-state index < -0.39 is 12.0 Å². The van der Waals surface area contributed by atoms with Crippen molar-refractivity contribution in [2.45, 2.75) is 6.54 Å². The van der Waals surface area contributed by atoms with Gasteiger partial charge in [0.2, 0.25) is 0 Å². The topological polar surface area (TPSA) is 127 Å². The van der Waals surface area contributed by atoms with E-state index in [1.807, 2.05) is 0 Å². The average Bonchev–Trinajstić information content (AvgIpc) is 2.91. The van der Waals surface area contributed by atoms with Gasteiger partial charge in [-0.1, -0.05) is 0 Å². The Morgan fingerprint density at radius 2 is 2.15 bits per heavy atom. The Bertz CT molecular complexity index is 624. The Labute approximate surface area is 113 Å². The number of hydrogen-bond acceptors (Lipinski definition) is 4. The number of aromatic nitrogens is 2. The Balaban J connectivity index is 1.95. The summed E-state index contributed by atoms with van der Waals surface area (Å²) >= 11 is 0. The first-order valence-corrected chi connectivity index (χ1v) is 5.65. The highest BCUT2D eigenvalue weighted by molar-refractivity contribution is 5.93. The number of benzene rings is 1. The highest BCUT2D eigenvalue weighted by Crippen LogP contribution is 2.24. The predicted molar refractivity (Wildman–Crippen MR) is 69.5 cm³/mol. The van der Waals surface area contributed by atoms with Crippen LogP contribution in [-0.4, -0.2) is 32.2 Å². The molecule has 1 heterocycles. The van der Waals surface area contributed by atoms with Gasteiger partial charge in [-0.25, -0.2) is 14.6 Å². The third-order valence-electron chi connectivity index (χ3n) is 2.46. The fourth-order valence-corrected chi connectivity index (χ4v) is 1.50. The molecule has 0 radical (unpaired) electrons. The molecule has 2 amide bonds. The van der Waals surface area contributed by atoms with Crippen LogP contribution in [0, 0.1) is 0 Å². The molecule has 0 fully saturated rings. The van der Waals surface area contributed by atoms with Gasteiger partial charge in [-0.05, 0) is 18.2 Å². The Morgan fingerprint density at radius 1 is 1.35 bits per heavy atom. The summed E-state index contributed by atoms with van der Waals surface area (Å²) in [5, 5.41) is 23.3. The summed E-state index contributed by atoms with van der Waals surface area (Å²) in [5.41, 5.74) is 0.0518. The van der Waals surface area contributed by atoms with Gasteiger partial charge < -0.3 is 25.8 Å². The third-order valence-corrected chi connectivity index (χ3v) is 2.46. The van der Waals surface area contributed by atoms with Crippen molar-refractivity contribution >= 4 is 17.7 Å². The first kappa shape index (κ1) is 13.4. The molecule has 0 aliphatic heterocycles. The maximum atomic E-state index is 11.6. The van der Waals surface area contributed by atoms with Crippen molar-refractivity contribution in [3.63, 3.8) is 0 Å². The van der Waals surface area contributed by atoms with Gasteiger partial charge in [0, 0.05) is 12.4 Å². The number of aromatic hydroxyl groups is 1. The summed E-state index contributed by atoms with van der Waals surface area (Å²) in [5.74, 6) is -0.891. The zero-order valence-electron chi connectivity index (χ0n) is 10.3. The lowest BCUT2D eigenvalue weighted by Gasteiger charge is -2.08. The number of carboxylic acid groups (broad SMARTS) is 1. The molecular formula is C12H12N4O4. The van der Waals surface area contributed by atoms with E-state index in [9.17, 15) is 14.7 Å². The van der Waals surface area contributed by atoms with Crippen LogP contribution in [0.2, 0.25) is 0 Å². The quantitative estimate of drug-likeness (QED) is 0.535. The van der Waals surface area contributed by atoms with Gasteiger partial charge >= 0.3 is 12.0 Å². The molecule has 0 bridgehead atoms. The second kappa shape index (κ2) is 5.74. The Morgan fingerprint density at radius 3 is 2.75 bits per heavy atom. The predicted octanol–water partition coefficient (Wildman–Crippen LogP) is 1.14. The van der Waals surface area contributed by atoms with E-state index >= 15 is 0 Å². The lowest BCUT2D eigenvalue weighted by Crippen LogP contribution is -2.28. The number of H-pyrrole nitrogens is 1. The van der Waals surface area contributed by atoms with Crippen molar-refractivity contribution in [3.05, 3.63) is 42.0 Å². The van der Waals surface area contributed by atoms with Crippen LogP contribution in [0.5, 0.6) is 5.75 Å². The number of hydrogen-bond donors (Lipinski definition) is 5. The summed E-state index contributed by atoms with van der Waals surface area (Å²) in [6.45, 7) is 0.201. The molecule has 0 aliphatic rings. The zero-order valence-corrected chi connectivity index (χ0v) is 10.3. The lowest BCUT2D eigenvalue weighted by atomic mass is 10.2. The molecule has 8 nitrogen and oxygen atoms in total. The number of nitrogens with zero attached hydrogens (tertiary/aromatic N) is 1. The van der Waals surface area contributed by atoms with Crippen molar-refractivity contribution in [3.8, 4) is 5.75 Å². The van der Waals surface area contributed by atoms with Gasteiger partial charge in [-0.3, -0.25) is 0 Å². The van der Waals surface area contributed by atoms with Crippen LogP contribution in [0.25, 0.3) is 0 Å². The van der Waals surface area contributed by atoms with E-state index in [4.69, 9.17) is 5.11 Å². The van der Waals surface area contributed by atoms with Gasteiger partial charge in [-0.2, -0.15) is 0 Å². The highest BCUT2D eigenvalue weighted by Gasteiger charge is 2.10. The molecule has 0 aliphatic carbocycles. The summed E-state index contributed by atoms with van der Waals surface area (Å²) in [6.07, 6.45) is 3.19. The first-order chi connectivity index (χ1) is 9.56. The lowest BCUT2D eigenvalue weighted by molar-refractivity contribution is 0.0696. The second-order valence-corrected chi connectivity index (χ2v) is 3.88. The smallest absolute Gasteiger partial charge is 0.335 e. The van der Waals surface area contributed by atoms with Crippen molar-refractivity contribution < 1.29 is 19.8 Å². The third kappa shape index (κ3) is 3.25. The van der Waals surface area contributed by atoms with Gasteiger partial charge in [0.1, 0.15) is 11.6 Å². The number of amides is 2. The number of carboxylic acids is 1. The van der Waals surface area contributed by atoms with Crippen LogP contribution in [0.4, 0.5) is 10.5 Å². The van der Waals surface area contributed by atoms with Crippen LogP contribution < -0.4 is 10.6 Å². The monoisotopic (exact) mass is 276 g/mol. The number of aromatic carboxylic acids is 1. The van der Waals surface area contributed by atoms with E-state index in [0.717, 1.165) is 6.07 Å². The largest absolute Gasteiger partial charge is 0.506 e. The maximum Gasteiger partial charge on any atom is 0.335 e. The van der Waals surface area contributed by atoms with Crippen LogP contribution >= 0.6 is 0 Å². The average molecular weight is 276 g/mol. The Hall–Kier alpha value is -3.03. The number of phenols is 1. The molecule has 2 rings (SSSR count). The van der Waals surface area contributed by atoms with Crippen LogP contribution in [0.3, 0.4) is 0 Å². The van der Waals surface area contributed by atoms with Gasteiger partial charge in [0.15, 0.2) is 0 Å². The number of aromatic amines is 1. The van der Waals surface area contributed by atoms with Crippen molar-refractivity contribution in [2.75, 3.05) is 5.32 Å². The maximum absolute atomic E-state index is 11.6. The van der Waals surface area contributed by atoms with E-state index in [0.29, 0.717) is 5.82 Å². The Kier molecular flexibility index (Phi) is 3.85. The molecule has 8 heteroatoms. The number of rotatable bonds is 4. The number of anilines is 1. The summed E-state index contributed by atoms with van der Waals surface area (Å²) in [4.78, 5) is 29.0. The van der Waals surface area contributed by atoms with Crippen LogP contribution in [0.15, 0.2) is 30.6 Å². The molecule has 0 unspecified atom stereocenters. The van der Waals surface area contributed by atoms with Crippen molar-refractivity contribution in [1.82, 2.24) is 15.3 Å². The number of imidazole rings is 1. The van der Waals surface area contributed by atoms with Crippen LogP contribution in [-0.2, 0) is 6.54 Å². The minimum Gasteiger partial charge on any atom is -0.506 e. The van der Waals surface area contributed by atoms with E-state index in [1.54, 1.807) is 12.4 Å². The van der Waals surface area contributed by atoms with Gasteiger partial charge in [-0.15, -0.1) is 0 Å². The van der Waals surface area contributed by atoms with Gasteiger partial charge in [0.25, 0.3) is 0 Å². The zero-order chi connectivity index (χ0) is 14.5. The molecule has 5 N–H and O–H groups in total. The number of phenolic OH excluding ortho intramolecular Hbond substituents is 1. The fourth-order valence-electron chi connectivity index (χ4n) is 1.50. The van der Waals surface area contributed by atoms with Crippen molar-refractivity contribution in [2.24, 2.45) is 0 Å². The number of carbonyl (C=O) groups excluding carboxylic acids is 1.